The molecule has 0 fully saturated rings. The number of hydrogen-bond donors (Lipinski definition) is 1. The first-order valence-corrected chi connectivity index (χ1v) is 6.91. The molecule has 0 atom stereocenters. The molecule has 0 aliphatic heterocycles. The molecule has 0 radical (unpaired) electrons. The van der Waals surface area contributed by atoms with Crippen LogP contribution in [0.1, 0.15) is 5.56 Å². The Morgan fingerprint density at radius 2 is 1.95 bits per heavy atom. The Morgan fingerprint density at radius 1 is 1.21 bits per heavy atom. The summed E-state index contributed by atoms with van der Waals surface area (Å²) >= 11 is 2.28. The van der Waals surface area contributed by atoms with E-state index in [-0.39, 0.29) is 0 Å². The minimum atomic E-state index is 0.915. The number of halogens is 1. The van der Waals surface area contributed by atoms with Gasteiger partial charge in [0.1, 0.15) is 5.82 Å². The number of aromatic nitrogens is 1. The molecule has 5 heteroatoms. The van der Waals surface area contributed by atoms with Crippen LogP contribution in [0.15, 0.2) is 47.7 Å². The number of hydrazone groups is 1. The van der Waals surface area contributed by atoms with E-state index in [1.807, 2.05) is 55.4 Å². The zero-order valence-electron chi connectivity index (χ0n) is 10.8. The minimum absolute atomic E-state index is 0.915. The normalized spacial score (nSPS) is 10.7. The molecule has 1 heterocycles. The number of benzene rings is 1. The molecule has 1 aromatic heterocycles. The number of rotatable bonds is 4. The first-order valence-electron chi connectivity index (χ1n) is 5.83. The highest BCUT2D eigenvalue weighted by molar-refractivity contribution is 14.1. The molecule has 0 spiro atoms. The van der Waals surface area contributed by atoms with Crippen molar-refractivity contribution in [3.8, 4) is 0 Å². The van der Waals surface area contributed by atoms with Crippen LogP contribution in [0.25, 0.3) is 0 Å². The topological polar surface area (TPSA) is 40.5 Å². The van der Waals surface area contributed by atoms with Crippen molar-refractivity contribution in [2.24, 2.45) is 5.10 Å². The van der Waals surface area contributed by atoms with E-state index < -0.39 is 0 Å². The van der Waals surface area contributed by atoms with Crippen LogP contribution in [0.2, 0.25) is 0 Å². The number of anilines is 2. The molecule has 19 heavy (non-hydrogen) atoms. The summed E-state index contributed by atoms with van der Waals surface area (Å²) in [4.78, 5) is 6.22. The van der Waals surface area contributed by atoms with E-state index in [1.54, 1.807) is 12.4 Å². The fraction of sp³-hybridized carbons (Fsp3) is 0.143. The standard InChI is InChI=1S/C14H15IN4/c1-19(2)14-9-11(7-8-16-14)10-17-18-13-5-3-12(15)4-6-13/h3-10,18H,1-2H3. The molecule has 1 N–H and O–H groups in total. The third-order valence-corrected chi connectivity index (χ3v) is 3.20. The number of hydrogen-bond acceptors (Lipinski definition) is 4. The quantitative estimate of drug-likeness (QED) is 0.513. The monoisotopic (exact) mass is 366 g/mol. The molecule has 0 aliphatic rings. The zero-order valence-corrected chi connectivity index (χ0v) is 13.0. The summed E-state index contributed by atoms with van der Waals surface area (Å²) in [5.41, 5.74) is 4.98. The molecule has 0 unspecified atom stereocenters. The van der Waals surface area contributed by atoms with Crippen molar-refractivity contribution in [1.82, 2.24) is 4.98 Å². The Balaban J connectivity index is 2.02. The van der Waals surface area contributed by atoms with E-state index >= 15 is 0 Å². The van der Waals surface area contributed by atoms with Gasteiger partial charge in [0.15, 0.2) is 0 Å². The zero-order chi connectivity index (χ0) is 13.7. The summed E-state index contributed by atoms with van der Waals surface area (Å²) in [6, 6.07) is 12.0. The summed E-state index contributed by atoms with van der Waals surface area (Å²) in [5.74, 6) is 0.915. The van der Waals surface area contributed by atoms with Crippen LogP contribution in [-0.2, 0) is 0 Å². The lowest BCUT2D eigenvalue weighted by Gasteiger charge is -2.10. The van der Waals surface area contributed by atoms with Crippen molar-refractivity contribution in [3.63, 3.8) is 0 Å². The molecule has 0 bridgehead atoms. The molecule has 0 aliphatic carbocycles. The third-order valence-electron chi connectivity index (χ3n) is 2.48. The molecule has 4 nitrogen and oxygen atoms in total. The lowest BCUT2D eigenvalue weighted by Crippen LogP contribution is -2.10. The van der Waals surface area contributed by atoms with Crippen LogP contribution in [-0.4, -0.2) is 25.3 Å². The molecule has 2 aromatic rings. The van der Waals surface area contributed by atoms with E-state index in [0.29, 0.717) is 0 Å². The van der Waals surface area contributed by atoms with Gasteiger partial charge in [-0.2, -0.15) is 5.10 Å². The predicted molar refractivity (Wildman–Crippen MR) is 88.9 cm³/mol. The van der Waals surface area contributed by atoms with Gasteiger partial charge in [-0.15, -0.1) is 0 Å². The average Bonchev–Trinajstić information content (AvgIpc) is 2.41. The summed E-state index contributed by atoms with van der Waals surface area (Å²) < 4.78 is 1.21. The number of nitrogens with one attached hydrogen (secondary N) is 1. The van der Waals surface area contributed by atoms with E-state index in [9.17, 15) is 0 Å². The second kappa shape index (κ2) is 6.51. The molecule has 1 aromatic carbocycles. The van der Waals surface area contributed by atoms with Crippen LogP contribution < -0.4 is 10.3 Å². The summed E-state index contributed by atoms with van der Waals surface area (Å²) in [6.07, 6.45) is 3.56. The van der Waals surface area contributed by atoms with Gasteiger partial charge in [0, 0.05) is 23.9 Å². The number of pyridine rings is 1. The summed E-state index contributed by atoms with van der Waals surface area (Å²) in [5, 5.41) is 4.22. The summed E-state index contributed by atoms with van der Waals surface area (Å²) in [6.45, 7) is 0. The van der Waals surface area contributed by atoms with Gasteiger partial charge >= 0.3 is 0 Å². The van der Waals surface area contributed by atoms with E-state index in [0.717, 1.165) is 17.1 Å². The highest BCUT2D eigenvalue weighted by atomic mass is 127. The molecular weight excluding hydrogens is 351 g/mol. The smallest absolute Gasteiger partial charge is 0.128 e. The molecular formula is C14H15IN4. The average molecular weight is 366 g/mol. The van der Waals surface area contributed by atoms with Crippen molar-refractivity contribution in [2.45, 2.75) is 0 Å². The number of nitrogens with zero attached hydrogens (tertiary/aromatic N) is 3. The van der Waals surface area contributed by atoms with Gasteiger partial charge in [0.25, 0.3) is 0 Å². The van der Waals surface area contributed by atoms with Crippen LogP contribution >= 0.6 is 22.6 Å². The molecule has 98 valence electrons. The first kappa shape index (κ1) is 13.8. The van der Waals surface area contributed by atoms with Gasteiger partial charge in [0.05, 0.1) is 11.9 Å². The minimum Gasteiger partial charge on any atom is -0.363 e. The largest absolute Gasteiger partial charge is 0.363 e. The van der Waals surface area contributed by atoms with Crippen molar-refractivity contribution in [1.29, 1.82) is 0 Å². The maximum absolute atomic E-state index is 4.26. The molecule has 0 saturated heterocycles. The van der Waals surface area contributed by atoms with Gasteiger partial charge in [-0.1, -0.05) is 0 Å². The first-order chi connectivity index (χ1) is 9.15. The van der Waals surface area contributed by atoms with Crippen LogP contribution in [0, 0.1) is 3.57 Å². The van der Waals surface area contributed by atoms with Crippen molar-refractivity contribution in [3.05, 3.63) is 51.7 Å². The van der Waals surface area contributed by atoms with E-state index in [2.05, 4.69) is 38.1 Å². The second-order valence-electron chi connectivity index (χ2n) is 4.22. The summed E-state index contributed by atoms with van der Waals surface area (Å²) in [7, 11) is 3.93. The van der Waals surface area contributed by atoms with Crippen LogP contribution in [0.4, 0.5) is 11.5 Å². The lowest BCUT2D eigenvalue weighted by molar-refractivity contribution is 1.07. The highest BCUT2D eigenvalue weighted by Gasteiger charge is 1.96. The van der Waals surface area contributed by atoms with Crippen molar-refractivity contribution >= 4 is 40.3 Å². The molecule has 0 amide bonds. The maximum atomic E-state index is 4.26. The highest BCUT2D eigenvalue weighted by Crippen LogP contribution is 2.11. The maximum Gasteiger partial charge on any atom is 0.128 e. The Morgan fingerprint density at radius 3 is 2.63 bits per heavy atom. The SMILES string of the molecule is CN(C)c1cc(C=NNc2ccc(I)cc2)ccn1. The van der Waals surface area contributed by atoms with Gasteiger partial charge in [0.2, 0.25) is 0 Å². The van der Waals surface area contributed by atoms with Gasteiger partial charge < -0.3 is 4.90 Å². The molecule has 2 rings (SSSR count). The fourth-order valence-corrected chi connectivity index (χ4v) is 1.82. The Bertz CT molecular complexity index is 564. The Labute approximate surface area is 126 Å². The van der Waals surface area contributed by atoms with E-state index in [4.69, 9.17) is 0 Å². The lowest BCUT2D eigenvalue weighted by atomic mass is 10.3. The van der Waals surface area contributed by atoms with Crippen molar-refractivity contribution in [2.75, 3.05) is 24.4 Å². The van der Waals surface area contributed by atoms with Crippen LogP contribution in [0.5, 0.6) is 0 Å². The van der Waals surface area contributed by atoms with E-state index in [1.165, 1.54) is 3.57 Å². The van der Waals surface area contributed by atoms with Gasteiger partial charge in [-0.05, 0) is 64.6 Å². The van der Waals surface area contributed by atoms with Gasteiger partial charge in [-0.3, -0.25) is 5.43 Å². The molecule has 0 saturated carbocycles. The predicted octanol–water partition coefficient (Wildman–Crippen LogP) is 3.20. The van der Waals surface area contributed by atoms with Crippen molar-refractivity contribution < 1.29 is 0 Å². The third kappa shape index (κ3) is 4.20. The second-order valence-corrected chi connectivity index (χ2v) is 5.46. The van der Waals surface area contributed by atoms with Crippen LogP contribution in [0.3, 0.4) is 0 Å². The Kier molecular flexibility index (Phi) is 4.73. The Hall–Kier alpha value is -1.63. The van der Waals surface area contributed by atoms with Gasteiger partial charge in [-0.25, -0.2) is 4.98 Å². The fourth-order valence-electron chi connectivity index (χ4n) is 1.46.